The molecular weight excluding hydrogens is 384 g/mol. The summed E-state index contributed by atoms with van der Waals surface area (Å²) in [5.74, 6) is -0.711. The van der Waals surface area contributed by atoms with Crippen molar-refractivity contribution in [2.75, 3.05) is 17.7 Å². The molecule has 0 unspecified atom stereocenters. The quantitative estimate of drug-likeness (QED) is 0.626. The van der Waals surface area contributed by atoms with Gasteiger partial charge in [0.2, 0.25) is 0 Å². The van der Waals surface area contributed by atoms with Crippen LogP contribution in [0.15, 0.2) is 48.7 Å². The minimum Gasteiger partial charge on any atom is -0.373 e. The van der Waals surface area contributed by atoms with E-state index in [9.17, 15) is 9.65 Å². The highest BCUT2D eigenvalue weighted by Gasteiger charge is 2.22. The predicted octanol–water partition coefficient (Wildman–Crippen LogP) is 5.26. The highest BCUT2D eigenvalue weighted by molar-refractivity contribution is 5.88. The molecule has 5 nitrogen and oxygen atoms in total. The van der Waals surface area contributed by atoms with Crippen molar-refractivity contribution in [1.82, 2.24) is 9.97 Å². The molecule has 1 aromatic carbocycles. The zero-order valence-corrected chi connectivity index (χ0v) is 16.3. The van der Waals surface area contributed by atoms with Crippen molar-refractivity contribution < 1.29 is 8.78 Å². The third-order valence-corrected chi connectivity index (χ3v) is 4.77. The molecule has 1 aliphatic heterocycles. The first-order chi connectivity index (χ1) is 14.4. The van der Waals surface area contributed by atoms with E-state index in [0.29, 0.717) is 22.9 Å². The van der Waals surface area contributed by atoms with Crippen LogP contribution in [0, 0.1) is 29.9 Å². The molecule has 1 aliphatic rings. The Balaban J connectivity index is 2.05. The summed E-state index contributed by atoms with van der Waals surface area (Å²) in [6.45, 7) is 5.72. The molecule has 0 atom stereocenters. The zero-order chi connectivity index (χ0) is 21.4. The normalized spacial score (nSPS) is 12.2. The number of benzene rings is 1. The maximum absolute atomic E-state index is 15.1. The largest absolute Gasteiger partial charge is 0.373 e. The molecule has 0 amide bonds. The van der Waals surface area contributed by atoms with Gasteiger partial charge in [-0.05, 0) is 55.0 Å². The van der Waals surface area contributed by atoms with Gasteiger partial charge in [-0.1, -0.05) is 6.58 Å². The minimum absolute atomic E-state index is 0.0354. The number of aromatic nitrogens is 2. The van der Waals surface area contributed by atoms with E-state index in [-0.39, 0.29) is 11.3 Å². The molecule has 3 heterocycles. The van der Waals surface area contributed by atoms with Gasteiger partial charge in [0.1, 0.15) is 29.1 Å². The Morgan fingerprint density at radius 3 is 2.63 bits per heavy atom. The zero-order valence-electron chi connectivity index (χ0n) is 16.3. The lowest BCUT2D eigenvalue weighted by atomic mass is 9.95. The van der Waals surface area contributed by atoms with Crippen LogP contribution in [-0.4, -0.2) is 17.0 Å². The summed E-state index contributed by atoms with van der Waals surface area (Å²) in [6, 6.07) is 9.52. The molecule has 0 fully saturated rings. The average Bonchev–Trinajstić information content (AvgIpc) is 2.72. The first kappa shape index (κ1) is 19.3. The van der Waals surface area contributed by atoms with E-state index < -0.39 is 17.2 Å². The lowest BCUT2D eigenvalue weighted by molar-refractivity contribution is 0.579. The molecule has 3 aromatic rings. The molecule has 30 heavy (non-hydrogen) atoms. The van der Waals surface area contributed by atoms with Crippen LogP contribution >= 0.6 is 0 Å². The second-order valence-electron chi connectivity index (χ2n) is 6.83. The molecule has 2 aromatic heterocycles. The number of nitrogens with one attached hydrogen (secondary N) is 2. The first-order valence-corrected chi connectivity index (χ1v) is 9.15. The molecular formula is C23H17F2N5. The van der Waals surface area contributed by atoms with Crippen LogP contribution in [0.2, 0.25) is 0 Å². The Bertz CT molecular complexity index is 1270. The number of halogens is 2. The van der Waals surface area contributed by atoms with Gasteiger partial charge >= 0.3 is 0 Å². The molecule has 0 saturated heterocycles. The van der Waals surface area contributed by atoms with E-state index in [0.717, 1.165) is 22.9 Å². The van der Waals surface area contributed by atoms with Crippen LogP contribution in [0.25, 0.3) is 28.5 Å². The molecule has 0 radical (unpaired) electrons. The summed E-state index contributed by atoms with van der Waals surface area (Å²) in [4.78, 5) is 9.02. The number of nitriles is 1. The molecule has 2 N–H and O–H groups in total. The van der Waals surface area contributed by atoms with Crippen LogP contribution in [0.4, 0.5) is 20.4 Å². The van der Waals surface area contributed by atoms with Crippen molar-refractivity contribution in [2.45, 2.75) is 6.92 Å². The molecule has 0 spiro atoms. The van der Waals surface area contributed by atoms with Gasteiger partial charge < -0.3 is 10.6 Å². The maximum Gasteiger partial charge on any atom is 0.153 e. The summed E-state index contributed by atoms with van der Waals surface area (Å²) in [5, 5.41) is 15.3. The lowest BCUT2D eigenvalue weighted by Gasteiger charge is -2.19. The molecule has 0 saturated carbocycles. The van der Waals surface area contributed by atoms with Crippen molar-refractivity contribution in [3.05, 3.63) is 77.1 Å². The van der Waals surface area contributed by atoms with E-state index in [1.54, 1.807) is 13.1 Å². The standard InChI is InChI=1S/C23H17F2N5/c1-12-4-5-14-9-17(15-8-13(2)28-20(10-15)27-3)22(30-23(14)29-12)16-6-7-19(24)18(11-26)21(16)25/h4-10H,1H2,2-3H3,(H,27,28)(H,29,30). The second-order valence-corrected chi connectivity index (χ2v) is 6.83. The van der Waals surface area contributed by atoms with Crippen molar-refractivity contribution in [3.8, 4) is 28.5 Å². The fourth-order valence-corrected chi connectivity index (χ4v) is 3.36. The Morgan fingerprint density at radius 1 is 1.10 bits per heavy atom. The number of hydrogen-bond donors (Lipinski definition) is 2. The molecule has 7 heteroatoms. The number of fused-ring (bicyclic) bond motifs is 1. The third kappa shape index (κ3) is 3.29. The van der Waals surface area contributed by atoms with Crippen molar-refractivity contribution in [3.63, 3.8) is 0 Å². The van der Waals surface area contributed by atoms with E-state index in [1.807, 2.05) is 37.3 Å². The summed E-state index contributed by atoms with van der Waals surface area (Å²) < 4.78 is 29.0. The van der Waals surface area contributed by atoms with Crippen LogP contribution in [0.3, 0.4) is 0 Å². The van der Waals surface area contributed by atoms with Gasteiger partial charge in [0, 0.05) is 35.1 Å². The first-order valence-electron chi connectivity index (χ1n) is 9.15. The fourth-order valence-electron chi connectivity index (χ4n) is 3.36. The van der Waals surface area contributed by atoms with Crippen molar-refractivity contribution in [2.24, 2.45) is 0 Å². The minimum atomic E-state index is -0.948. The molecule has 4 rings (SSSR count). The topological polar surface area (TPSA) is 73.6 Å². The van der Waals surface area contributed by atoms with E-state index in [2.05, 4.69) is 27.2 Å². The second kappa shape index (κ2) is 7.41. The smallest absolute Gasteiger partial charge is 0.153 e. The number of hydrogen-bond acceptors (Lipinski definition) is 5. The van der Waals surface area contributed by atoms with Crippen LogP contribution in [0.1, 0.15) is 16.8 Å². The van der Waals surface area contributed by atoms with E-state index in [1.165, 1.54) is 6.07 Å². The fraction of sp³-hybridized carbons (Fsp3) is 0.0870. The Morgan fingerprint density at radius 2 is 1.90 bits per heavy atom. The van der Waals surface area contributed by atoms with Gasteiger partial charge in [-0.25, -0.2) is 18.7 Å². The lowest BCUT2D eigenvalue weighted by Crippen LogP contribution is -2.07. The SMILES string of the molecule is C=C1C=Cc2cc(-c3cc(C)nc(NC)c3)c(-c3ccc(F)c(C#N)c3F)nc2N1. The van der Waals surface area contributed by atoms with Gasteiger partial charge in [-0.15, -0.1) is 0 Å². The number of aryl methyl sites for hydroxylation is 1. The predicted molar refractivity (Wildman–Crippen MR) is 114 cm³/mol. The summed E-state index contributed by atoms with van der Waals surface area (Å²) >= 11 is 0. The highest BCUT2D eigenvalue weighted by Crippen LogP contribution is 2.38. The average molecular weight is 401 g/mol. The summed E-state index contributed by atoms with van der Waals surface area (Å²) in [6.07, 6.45) is 3.68. The van der Waals surface area contributed by atoms with Gasteiger partial charge in [0.15, 0.2) is 5.82 Å². The van der Waals surface area contributed by atoms with Crippen molar-refractivity contribution in [1.29, 1.82) is 5.26 Å². The summed E-state index contributed by atoms with van der Waals surface area (Å²) in [5.41, 5.74) is 3.27. The Labute approximate surface area is 172 Å². The van der Waals surface area contributed by atoms with Gasteiger partial charge in [0.05, 0.1) is 5.69 Å². The molecule has 148 valence electrons. The Kier molecular flexibility index (Phi) is 4.76. The number of pyridine rings is 2. The van der Waals surface area contributed by atoms with Gasteiger partial charge in [-0.3, -0.25) is 0 Å². The monoisotopic (exact) mass is 401 g/mol. The molecule has 0 bridgehead atoms. The van der Waals surface area contributed by atoms with Crippen LogP contribution in [0.5, 0.6) is 0 Å². The van der Waals surface area contributed by atoms with Gasteiger partial charge in [-0.2, -0.15) is 5.26 Å². The number of rotatable bonds is 3. The van der Waals surface area contributed by atoms with Gasteiger partial charge in [0.25, 0.3) is 0 Å². The van der Waals surface area contributed by atoms with E-state index >= 15 is 4.39 Å². The number of allylic oxidation sites excluding steroid dienone is 1. The molecule has 0 aliphatic carbocycles. The maximum atomic E-state index is 15.1. The third-order valence-electron chi connectivity index (χ3n) is 4.77. The summed E-state index contributed by atoms with van der Waals surface area (Å²) in [7, 11) is 1.76. The highest BCUT2D eigenvalue weighted by atomic mass is 19.1. The van der Waals surface area contributed by atoms with Crippen LogP contribution in [-0.2, 0) is 0 Å². The number of anilines is 2. The van der Waals surface area contributed by atoms with Crippen LogP contribution < -0.4 is 10.6 Å². The number of nitrogens with zero attached hydrogens (tertiary/aromatic N) is 3. The van der Waals surface area contributed by atoms with E-state index in [4.69, 9.17) is 0 Å². The Hall–Kier alpha value is -4.05. The van der Waals surface area contributed by atoms with Crippen molar-refractivity contribution >= 4 is 17.7 Å².